The van der Waals surface area contributed by atoms with E-state index in [4.69, 9.17) is 0 Å². The molecular formula is C20H21F2N5O2. The third-order valence-corrected chi connectivity index (χ3v) is 5.29. The molecule has 3 heterocycles. The molecule has 29 heavy (non-hydrogen) atoms. The van der Waals surface area contributed by atoms with Crippen LogP contribution in [-0.4, -0.2) is 57.2 Å². The minimum Gasteiger partial charge on any atom is -0.493 e. The number of amides is 1. The molecule has 0 bridgehead atoms. The van der Waals surface area contributed by atoms with E-state index in [0.29, 0.717) is 12.5 Å². The molecule has 0 atom stereocenters. The summed E-state index contributed by atoms with van der Waals surface area (Å²) in [6, 6.07) is 4.30. The number of piperidine rings is 1. The molecule has 2 aromatic heterocycles. The van der Waals surface area contributed by atoms with E-state index < -0.39 is 11.6 Å². The third kappa shape index (κ3) is 3.91. The lowest BCUT2D eigenvalue weighted by Gasteiger charge is -2.28. The van der Waals surface area contributed by atoms with Crippen molar-refractivity contribution in [1.82, 2.24) is 24.8 Å². The van der Waals surface area contributed by atoms with Gasteiger partial charge in [-0.05, 0) is 51.0 Å². The molecule has 1 aromatic carbocycles. The number of likely N-dealkylation sites (tertiary alicyclic amines) is 1. The van der Waals surface area contributed by atoms with Crippen LogP contribution in [0.5, 0.6) is 5.88 Å². The Morgan fingerprint density at radius 2 is 2.03 bits per heavy atom. The van der Waals surface area contributed by atoms with Gasteiger partial charge in [0, 0.05) is 24.2 Å². The van der Waals surface area contributed by atoms with Crippen molar-refractivity contribution in [1.29, 1.82) is 0 Å². The summed E-state index contributed by atoms with van der Waals surface area (Å²) in [6.07, 6.45) is 3.34. The highest BCUT2D eigenvalue weighted by atomic mass is 19.1. The van der Waals surface area contributed by atoms with Crippen molar-refractivity contribution < 1.29 is 18.7 Å². The Morgan fingerprint density at radius 3 is 2.76 bits per heavy atom. The van der Waals surface area contributed by atoms with Gasteiger partial charge in [-0.1, -0.05) is 0 Å². The van der Waals surface area contributed by atoms with Crippen LogP contribution in [0.25, 0.3) is 16.9 Å². The molecule has 0 aliphatic carbocycles. The second-order valence-electron chi connectivity index (χ2n) is 7.37. The average Bonchev–Trinajstić information content (AvgIpc) is 3.12. The fourth-order valence-electron chi connectivity index (χ4n) is 3.54. The molecule has 1 aliphatic rings. The number of aromatic nitrogens is 3. The Morgan fingerprint density at radius 1 is 1.28 bits per heavy atom. The summed E-state index contributed by atoms with van der Waals surface area (Å²) in [7, 11) is 2.08. The van der Waals surface area contributed by atoms with Gasteiger partial charge in [0.1, 0.15) is 17.2 Å². The van der Waals surface area contributed by atoms with Crippen LogP contribution < -0.4 is 5.32 Å². The van der Waals surface area contributed by atoms with E-state index in [0.717, 1.165) is 42.6 Å². The molecule has 1 amide bonds. The van der Waals surface area contributed by atoms with Crippen molar-refractivity contribution >= 4 is 11.6 Å². The van der Waals surface area contributed by atoms with E-state index in [-0.39, 0.29) is 34.3 Å². The first-order valence-electron chi connectivity index (χ1n) is 9.42. The zero-order valence-electron chi connectivity index (χ0n) is 15.9. The lowest BCUT2D eigenvalue weighted by molar-refractivity contribution is 0.0940. The van der Waals surface area contributed by atoms with Crippen LogP contribution in [0.2, 0.25) is 0 Å². The standard InChI is InChI=1S/C20H21F2N5O2/c1-26-6-4-12(5-7-26)10-23-20(29)15-11-24-27-18(28)9-17(25-19(15)27)14-3-2-13(21)8-16(14)22/h2-3,8-9,11-12,28H,4-7,10H2,1H3,(H,23,29). The summed E-state index contributed by atoms with van der Waals surface area (Å²) >= 11 is 0. The fraction of sp³-hybridized carbons (Fsp3) is 0.350. The normalized spacial score (nSPS) is 15.7. The van der Waals surface area contributed by atoms with Gasteiger partial charge in [-0.15, -0.1) is 0 Å². The van der Waals surface area contributed by atoms with Crippen LogP contribution in [0.3, 0.4) is 0 Å². The Kier molecular flexibility index (Phi) is 5.14. The number of aromatic hydroxyl groups is 1. The van der Waals surface area contributed by atoms with Crippen LogP contribution in [0.4, 0.5) is 8.78 Å². The Labute approximate surface area is 166 Å². The van der Waals surface area contributed by atoms with Gasteiger partial charge >= 0.3 is 0 Å². The summed E-state index contributed by atoms with van der Waals surface area (Å²) < 4.78 is 28.4. The van der Waals surface area contributed by atoms with Crippen LogP contribution in [-0.2, 0) is 0 Å². The van der Waals surface area contributed by atoms with E-state index in [1.165, 1.54) is 18.3 Å². The SMILES string of the molecule is CN1CCC(CNC(=O)c2cnn3c(O)cc(-c4ccc(F)cc4F)nc23)CC1. The second kappa shape index (κ2) is 7.75. The molecule has 3 aromatic rings. The number of carbonyl (C=O) groups excluding carboxylic acids is 1. The second-order valence-corrected chi connectivity index (χ2v) is 7.37. The molecule has 4 rings (SSSR count). The van der Waals surface area contributed by atoms with Crippen LogP contribution >= 0.6 is 0 Å². The maximum absolute atomic E-state index is 14.1. The number of nitrogens with one attached hydrogen (secondary N) is 1. The van der Waals surface area contributed by atoms with Crippen molar-refractivity contribution in [2.75, 3.05) is 26.7 Å². The number of halogens is 2. The summed E-state index contributed by atoms with van der Waals surface area (Å²) in [5.74, 6) is -1.78. The highest BCUT2D eigenvalue weighted by Crippen LogP contribution is 2.27. The van der Waals surface area contributed by atoms with Gasteiger partial charge in [0.15, 0.2) is 5.65 Å². The van der Waals surface area contributed by atoms with Crippen molar-refractivity contribution in [3.63, 3.8) is 0 Å². The van der Waals surface area contributed by atoms with E-state index in [1.807, 2.05) is 0 Å². The third-order valence-electron chi connectivity index (χ3n) is 5.29. The Bertz CT molecular complexity index is 1060. The molecule has 0 radical (unpaired) electrons. The number of nitrogens with zero attached hydrogens (tertiary/aromatic N) is 4. The molecule has 7 nitrogen and oxygen atoms in total. The topological polar surface area (TPSA) is 82.8 Å². The van der Waals surface area contributed by atoms with Crippen LogP contribution in [0.15, 0.2) is 30.5 Å². The molecule has 0 spiro atoms. The summed E-state index contributed by atoms with van der Waals surface area (Å²) in [6.45, 7) is 2.54. The fourth-order valence-corrected chi connectivity index (χ4v) is 3.54. The number of fused-ring (bicyclic) bond motifs is 1. The van der Waals surface area contributed by atoms with Crippen molar-refractivity contribution in [3.8, 4) is 17.1 Å². The first-order valence-corrected chi connectivity index (χ1v) is 9.42. The number of benzene rings is 1. The van der Waals surface area contributed by atoms with Gasteiger partial charge in [0.25, 0.3) is 5.91 Å². The molecule has 1 aliphatic heterocycles. The lowest BCUT2D eigenvalue weighted by Crippen LogP contribution is -2.36. The van der Waals surface area contributed by atoms with Gasteiger partial charge in [-0.25, -0.2) is 13.8 Å². The summed E-state index contributed by atoms with van der Waals surface area (Å²) in [4.78, 5) is 19.2. The minimum atomic E-state index is -0.811. The summed E-state index contributed by atoms with van der Waals surface area (Å²) in [5.41, 5.74) is 0.377. The smallest absolute Gasteiger partial charge is 0.256 e. The average molecular weight is 401 g/mol. The molecule has 2 N–H and O–H groups in total. The maximum Gasteiger partial charge on any atom is 0.256 e. The zero-order chi connectivity index (χ0) is 20.5. The zero-order valence-corrected chi connectivity index (χ0v) is 15.9. The molecule has 1 saturated heterocycles. The number of rotatable bonds is 4. The van der Waals surface area contributed by atoms with E-state index in [9.17, 15) is 18.7 Å². The minimum absolute atomic E-state index is 0.0167. The largest absolute Gasteiger partial charge is 0.493 e. The molecule has 1 fully saturated rings. The first kappa shape index (κ1) is 19.3. The van der Waals surface area contributed by atoms with Gasteiger partial charge in [0.05, 0.1) is 11.9 Å². The number of hydrogen-bond donors (Lipinski definition) is 2. The molecule has 0 saturated carbocycles. The molecule has 9 heteroatoms. The van der Waals surface area contributed by atoms with Gasteiger partial charge in [-0.2, -0.15) is 9.61 Å². The maximum atomic E-state index is 14.1. The molecular weight excluding hydrogens is 380 g/mol. The molecule has 152 valence electrons. The van der Waals surface area contributed by atoms with Crippen LogP contribution in [0, 0.1) is 17.6 Å². The van der Waals surface area contributed by atoms with E-state index >= 15 is 0 Å². The van der Waals surface area contributed by atoms with Gasteiger partial charge < -0.3 is 15.3 Å². The number of carbonyl (C=O) groups is 1. The lowest BCUT2D eigenvalue weighted by atomic mass is 9.97. The Hall–Kier alpha value is -3.07. The van der Waals surface area contributed by atoms with Crippen molar-refractivity contribution in [3.05, 3.63) is 47.7 Å². The Balaban J connectivity index is 1.60. The van der Waals surface area contributed by atoms with Gasteiger partial charge in [-0.3, -0.25) is 4.79 Å². The van der Waals surface area contributed by atoms with Crippen LogP contribution in [0.1, 0.15) is 23.2 Å². The van der Waals surface area contributed by atoms with E-state index in [2.05, 4.69) is 27.3 Å². The predicted octanol–water partition coefficient (Wildman–Crippen LogP) is 2.45. The first-order chi connectivity index (χ1) is 13.9. The monoisotopic (exact) mass is 401 g/mol. The van der Waals surface area contributed by atoms with E-state index in [1.54, 1.807) is 0 Å². The number of hydrogen-bond acceptors (Lipinski definition) is 5. The molecule has 0 unspecified atom stereocenters. The quantitative estimate of drug-likeness (QED) is 0.702. The predicted molar refractivity (Wildman–Crippen MR) is 103 cm³/mol. The highest BCUT2D eigenvalue weighted by Gasteiger charge is 2.21. The van der Waals surface area contributed by atoms with Crippen molar-refractivity contribution in [2.24, 2.45) is 5.92 Å². The van der Waals surface area contributed by atoms with Gasteiger partial charge in [0.2, 0.25) is 5.88 Å². The summed E-state index contributed by atoms with van der Waals surface area (Å²) in [5, 5.41) is 17.1. The van der Waals surface area contributed by atoms with Crippen molar-refractivity contribution in [2.45, 2.75) is 12.8 Å². The highest BCUT2D eigenvalue weighted by molar-refractivity contribution is 6.00.